The second-order valence-electron chi connectivity index (χ2n) is 7.60. The molecule has 2 aromatic carbocycles. The molecule has 0 spiro atoms. The highest BCUT2D eigenvalue weighted by atomic mass is 19.2. The Bertz CT molecular complexity index is 1020. The van der Waals surface area contributed by atoms with Gasteiger partial charge < -0.3 is 15.7 Å². The molecule has 0 aliphatic rings. The second-order valence-corrected chi connectivity index (χ2v) is 7.60. The summed E-state index contributed by atoms with van der Waals surface area (Å²) in [5.41, 5.74) is -0.793. The number of carboxylic acids is 1. The van der Waals surface area contributed by atoms with E-state index in [4.69, 9.17) is 0 Å². The third kappa shape index (κ3) is 6.27. The van der Waals surface area contributed by atoms with Crippen LogP contribution in [0.1, 0.15) is 25.0 Å². The molecule has 178 valence electrons. The van der Waals surface area contributed by atoms with Crippen molar-refractivity contribution in [3.8, 4) is 0 Å². The SMILES string of the molecule is CC(C)[C@H](NC(=O)[C@H](Cc1ccccc1)NC(=O)Cc1c(F)c(F)c(F)c(F)c1F)C(=O)O. The van der Waals surface area contributed by atoms with Crippen LogP contribution in [0.3, 0.4) is 0 Å². The van der Waals surface area contributed by atoms with Gasteiger partial charge >= 0.3 is 5.97 Å². The molecule has 3 N–H and O–H groups in total. The minimum absolute atomic E-state index is 0.125. The number of nitrogens with one attached hydrogen (secondary N) is 2. The van der Waals surface area contributed by atoms with Crippen molar-refractivity contribution >= 4 is 17.8 Å². The van der Waals surface area contributed by atoms with Gasteiger partial charge in [0.15, 0.2) is 23.3 Å². The van der Waals surface area contributed by atoms with Crippen molar-refractivity contribution in [2.24, 2.45) is 5.92 Å². The molecule has 2 atom stereocenters. The Morgan fingerprint density at radius 3 is 1.85 bits per heavy atom. The smallest absolute Gasteiger partial charge is 0.326 e. The summed E-state index contributed by atoms with van der Waals surface area (Å²) in [5.74, 6) is -15.0. The standard InChI is InChI=1S/C22H21F5N2O4/c1-10(2)20(22(32)33)29-21(31)13(8-11-6-4-3-5-7-11)28-14(30)9-12-15(23)17(25)19(27)18(26)16(12)24/h3-7,10,13,20H,8-9H2,1-2H3,(H,28,30)(H,29,31)(H,32,33)/t13-,20-/m0/s1. The van der Waals surface area contributed by atoms with Crippen molar-refractivity contribution in [2.75, 3.05) is 0 Å². The zero-order valence-electron chi connectivity index (χ0n) is 17.6. The van der Waals surface area contributed by atoms with Crippen LogP contribution in [0.15, 0.2) is 30.3 Å². The van der Waals surface area contributed by atoms with Gasteiger partial charge in [-0.15, -0.1) is 0 Å². The number of carbonyl (C=O) groups is 3. The molecule has 0 saturated carbocycles. The molecule has 2 amide bonds. The molecule has 0 bridgehead atoms. The van der Waals surface area contributed by atoms with E-state index >= 15 is 0 Å². The van der Waals surface area contributed by atoms with Crippen molar-refractivity contribution in [3.63, 3.8) is 0 Å². The van der Waals surface area contributed by atoms with E-state index in [1.54, 1.807) is 44.2 Å². The van der Waals surface area contributed by atoms with Gasteiger partial charge in [0.05, 0.1) is 6.42 Å². The van der Waals surface area contributed by atoms with E-state index in [9.17, 15) is 41.4 Å². The van der Waals surface area contributed by atoms with Gasteiger partial charge in [-0.3, -0.25) is 9.59 Å². The van der Waals surface area contributed by atoms with Crippen molar-refractivity contribution in [1.82, 2.24) is 10.6 Å². The predicted molar refractivity (Wildman–Crippen MR) is 106 cm³/mol. The predicted octanol–water partition coefficient (Wildman–Crippen LogP) is 2.88. The quantitative estimate of drug-likeness (QED) is 0.297. The zero-order valence-corrected chi connectivity index (χ0v) is 17.6. The first-order valence-corrected chi connectivity index (χ1v) is 9.80. The monoisotopic (exact) mass is 472 g/mol. The van der Waals surface area contributed by atoms with Gasteiger partial charge in [0.25, 0.3) is 0 Å². The maximum Gasteiger partial charge on any atom is 0.326 e. The van der Waals surface area contributed by atoms with Crippen molar-refractivity contribution in [3.05, 3.63) is 70.5 Å². The number of amides is 2. The van der Waals surface area contributed by atoms with Crippen LogP contribution in [0.4, 0.5) is 22.0 Å². The Morgan fingerprint density at radius 1 is 0.848 bits per heavy atom. The maximum atomic E-state index is 13.9. The molecular formula is C22H21F5N2O4. The summed E-state index contributed by atoms with van der Waals surface area (Å²) in [5, 5.41) is 13.8. The van der Waals surface area contributed by atoms with Gasteiger partial charge in [-0.1, -0.05) is 44.2 Å². The average molecular weight is 472 g/mol. The number of carbonyl (C=O) groups excluding carboxylic acids is 2. The molecule has 0 aliphatic heterocycles. The van der Waals surface area contributed by atoms with E-state index < -0.39 is 76.9 Å². The fourth-order valence-corrected chi connectivity index (χ4v) is 3.04. The van der Waals surface area contributed by atoms with E-state index in [0.717, 1.165) is 0 Å². The molecule has 0 unspecified atom stereocenters. The molecule has 0 fully saturated rings. The minimum atomic E-state index is -2.36. The number of benzene rings is 2. The molecule has 0 saturated heterocycles. The maximum absolute atomic E-state index is 13.9. The molecule has 6 nitrogen and oxygen atoms in total. The first-order valence-electron chi connectivity index (χ1n) is 9.80. The number of hydrogen-bond acceptors (Lipinski definition) is 3. The van der Waals surface area contributed by atoms with E-state index in [-0.39, 0.29) is 6.42 Å². The van der Waals surface area contributed by atoms with E-state index in [2.05, 4.69) is 10.6 Å². The highest BCUT2D eigenvalue weighted by molar-refractivity contribution is 5.91. The summed E-state index contributed by atoms with van der Waals surface area (Å²) in [7, 11) is 0. The number of hydrogen-bond donors (Lipinski definition) is 3. The first kappa shape index (κ1) is 25.8. The largest absolute Gasteiger partial charge is 0.480 e. The van der Waals surface area contributed by atoms with Crippen LogP contribution in [-0.4, -0.2) is 35.0 Å². The van der Waals surface area contributed by atoms with Crippen LogP contribution < -0.4 is 10.6 Å². The Balaban J connectivity index is 2.28. The lowest BCUT2D eigenvalue weighted by Gasteiger charge is -2.23. The summed E-state index contributed by atoms with van der Waals surface area (Å²) < 4.78 is 67.9. The lowest BCUT2D eigenvalue weighted by molar-refractivity contribution is -0.143. The molecule has 11 heteroatoms. The Morgan fingerprint density at radius 2 is 1.36 bits per heavy atom. The summed E-state index contributed by atoms with van der Waals surface area (Å²) in [6.07, 6.45) is -1.36. The van der Waals surface area contributed by atoms with Crippen LogP contribution in [0, 0.1) is 35.0 Å². The van der Waals surface area contributed by atoms with Crippen LogP contribution in [0.25, 0.3) is 0 Å². The molecule has 0 aromatic heterocycles. The van der Waals surface area contributed by atoms with Crippen LogP contribution >= 0.6 is 0 Å². The summed E-state index contributed by atoms with van der Waals surface area (Å²) in [4.78, 5) is 36.5. The van der Waals surface area contributed by atoms with E-state index in [0.29, 0.717) is 5.56 Å². The van der Waals surface area contributed by atoms with Crippen LogP contribution in [0.2, 0.25) is 0 Å². The molecule has 2 aromatic rings. The lowest BCUT2D eigenvalue weighted by atomic mass is 10.0. The molecule has 0 heterocycles. The van der Waals surface area contributed by atoms with Crippen LogP contribution in [0.5, 0.6) is 0 Å². The lowest BCUT2D eigenvalue weighted by Crippen LogP contribution is -2.54. The molecule has 0 radical (unpaired) electrons. The number of rotatable bonds is 9. The second kappa shape index (κ2) is 10.9. The van der Waals surface area contributed by atoms with Gasteiger partial charge in [0, 0.05) is 12.0 Å². The summed E-state index contributed by atoms with van der Waals surface area (Å²) >= 11 is 0. The molecule has 0 aliphatic carbocycles. The normalized spacial score (nSPS) is 12.8. The minimum Gasteiger partial charge on any atom is -0.480 e. The highest BCUT2D eigenvalue weighted by Gasteiger charge is 2.31. The topological polar surface area (TPSA) is 95.5 Å². The fourth-order valence-electron chi connectivity index (χ4n) is 3.04. The van der Waals surface area contributed by atoms with Crippen LogP contribution in [-0.2, 0) is 27.2 Å². The van der Waals surface area contributed by atoms with E-state index in [1.165, 1.54) is 0 Å². The zero-order chi connectivity index (χ0) is 24.9. The van der Waals surface area contributed by atoms with Gasteiger partial charge in [-0.2, -0.15) is 0 Å². The summed E-state index contributed by atoms with van der Waals surface area (Å²) in [6, 6.07) is 5.55. The molecule has 2 rings (SSSR count). The van der Waals surface area contributed by atoms with Gasteiger partial charge in [-0.25, -0.2) is 26.7 Å². The van der Waals surface area contributed by atoms with Gasteiger partial charge in [-0.05, 0) is 11.5 Å². The number of aliphatic carboxylic acids is 1. The Kier molecular flexibility index (Phi) is 8.50. The Hall–Kier alpha value is -3.50. The average Bonchev–Trinajstić information content (AvgIpc) is 2.77. The van der Waals surface area contributed by atoms with Crippen molar-refractivity contribution in [1.29, 1.82) is 0 Å². The van der Waals surface area contributed by atoms with E-state index in [1.807, 2.05) is 0 Å². The van der Waals surface area contributed by atoms with Gasteiger partial charge in [0.1, 0.15) is 12.1 Å². The number of carboxylic acid groups (broad SMARTS) is 1. The van der Waals surface area contributed by atoms with Gasteiger partial charge in [0.2, 0.25) is 17.6 Å². The molecule has 33 heavy (non-hydrogen) atoms. The van der Waals surface area contributed by atoms with Crippen molar-refractivity contribution < 1.29 is 41.4 Å². The highest BCUT2D eigenvalue weighted by Crippen LogP contribution is 2.23. The summed E-state index contributed by atoms with van der Waals surface area (Å²) in [6.45, 7) is 3.10. The third-order valence-electron chi connectivity index (χ3n) is 4.80. The molecular weight excluding hydrogens is 451 g/mol. The number of halogens is 5. The third-order valence-corrected chi connectivity index (χ3v) is 4.80. The van der Waals surface area contributed by atoms with Crippen molar-refractivity contribution in [2.45, 2.75) is 38.8 Å². The fraction of sp³-hybridized carbons (Fsp3) is 0.318. The Labute approximate surface area is 185 Å². The first-order chi connectivity index (χ1) is 15.4.